The van der Waals surface area contributed by atoms with Crippen molar-refractivity contribution >= 4 is 33.6 Å². The van der Waals surface area contributed by atoms with Crippen molar-refractivity contribution in [1.82, 2.24) is 0 Å². The predicted octanol–water partition coefficient (Wildman–Crippen LogP) is 4.44. The van der Waals surface area contributed by atoms with Crippen LogP contribution in [0.5, 0.6) is 5.75 Å². The van der Waals surface area contributed by atoms with Crippen molar-refractivity contribution in [3.05, 3.63) is 33.3 Å². The third-order valence-corrected chi connectivity index (χ3v) is 2.86. The van der Waals surface area contributed by atoms with Crippen LogP contribution >= 0.6 is 27.5 Å². The van der Waals surface area contributed by atoms with Gasteiger partial charge in [-0.1, -0.05) is 17.7 Å². The van der Waals surface area contributed by atoms with Crippen LogP contribution in [0, 0.1) is 0 Å². The largest absolute Gasteiger partial charge is 0.475 e. The highest BCUT2D eigenvalue weighted by Crippen LogP contribution is 2.39. The lowest BCUT2D eigenvalue weighted by molar-refractivity contribution is -0.180. The third-order valence-electron chi connectivity index (χ3n) is 2.06. The van der Waals surface area contributed by atoms with E-state index in [2.05, 4.69) is 15.9 Å². The van der Waals surface area contributed by atoms with E-state index in [1.165, 1.54) is 12.1 Å². The van der Waals surface area contributed by atoms with E-state index >= 15 is 0 Å². The molecule has 1 nitrogen and oxygen atoms in total. The van der Waals surface area contributed by atoms with Gasteiger partial charge in [-0.3, -0.25) is 0 Å². The van der Waals surface area contributed by atoms with Crippen molar-refractivity contribution in [1.29, 1.82) is 0 Å². The maximum Gasteiger partial charge on any atom is 0.429 e. The van der Waals surface area contributed by atoms with Gasteiger partial charge < -0.3 is 4.74 Å². The van der Waals surface area contributed by atoms with Crippen LogP contribution in [0.2, 0.25) is 5.02 Å². The molecule has 1 aromatic rings. The number of halogens is 5. The standard InChI is InChI=1S/C10H5BrClF3O/c11-7-4-6(12)3-5-1-2-8(10(13,14)15)16-9(5)7/h1-4,8H. The average molecular weight is 314 g/mol. The zero-order chi connectivity index (χ0) is 11.9. The first-order chi connectivity index (χ1) is 7.38. The van der Waals surface area contributed by atoms with E-state index in [1.807, 2.05) is 0 Å². The Hall–Kier alpha value is -0.680. The lowest BCUT2D eigenvalue weighted by Crippen LogP contribution is -2.33. The summed E-state index contributed by atoms with van der Waals surface area (Å²) in [7, 11) is 0. The van der Waals surface area contributed by atoms with Gasteiger partial charge in [0.2, 0.25) is 6.10 Å². The summed E-state index contributed by atoms with van der Waals surface area (Å²) in [5.74, 6) is 0.161. The number of hydrogen-bond donors (Lipinski definition) is 0. The molecule has 0 radical (unpaired) electrons. The Bertz CT molecular complexity index is 456. The lowest BCUT2D eigenvalue weighted by atomic mass is 10.1. The SMILES string of the molecule is FC(F)(F)C1C=Cc2cc(Cl)cc(Br)c2O1. The predicted molar refractivity (Wildman–Crippen MR) is 58.7 cm³/mol. The first-order valence-electron chi connectivity index (χ1n) is 4.28. The molecule has 0 saturated heterocycles. The van der Waals surface area contributed by atoms with Crippen molar-refractivity contribution in [2.75, 3.05) is 0 Å². The minimum absolute atomic E-state index is 0.161. The molecular weight excluding hydrogens is 308 g/mol. The van der Waals surface area contributed by atoms with Gasteiger partial charge in [0.15, 0.2) is 0 Å². The topological polar surface area (TPSA) is 9.23 Å². The number of hydrogen-bond acceptors (Lipinski definition) is 1. The molecule has 1 aliphatic rings. The second kappa shape index (κ2) is 3.96. The van der Waals surface area contributed by atoms with Crippen molar-refractivity contribution in [3.8, 4) is 5.75 Å². The van der Waals surface area contributed by atoms with Gasteiger partial charge in [-0.15, -0.1) is 0 Å². The molecule has 1 unspecified atom stereocenters. The van der Waals surface area contributed by atoms with E-state index in [-0.39, 0.29) is 5.75 Å². The molecule has 86 valence electrons. The average Bonchev–Trinajstić information content (AvgIpc) is 2.15. The van der Waals surface area contributed by atoms with Crippen LogP contribution in [-0.2, 0) is 0 Å². The molecule has 16 heavy (non-hydrogen) atoms. The summed E-state index contributed by atoms with van der Waals surface area (Å²) in [6.45, 7) is 0. The second-order valence-corrected chi connectivity index (χ2v) is 4.54. The number of benzene rings is 1. The minimum atomic E-state index is -4.41. The van der Waals surface area contributed by atoms with Gasteiger partial charge in [-0.25, -0.2) is 0 Å². The zero-order valence-corrected chi connectivity index (χ0v) is 10.0. The maximum absolute atomic E-state index is 12.4. The lowest BCUT2D eigenvalue weighted by Gasteiger charge is -2.24. The first-order valence-corrected chi connectivity index (χ1v) is 5.45. The molecule has 1 heterocycles. The van der Waals surface area contributed by atoms with Crippen molar-refractivity contribution in [2.45, 2.75) is 12.3 Å². The van der Waals surface area contributed by atoms with Gasteiger partial charge in [0.1, 0.15) is 5.75 Å². The van der Waals surface area contributed by atoms with Crippen LogP contribution in [-0.4, -0.2) is 12.3 Å². The van der Waals surface area contributed by atoms with Crippen molar-refractivity contribution < 1.29 is 17.9 Å². The van der Waals surface area contributed by atoms with E-state index in [1.54, 1.807) is 6.07 Å². The van der Waals surface area contributed by atoms with E-state index in [4.69, 9.17) is 16.3 Å². The molecule has 1 aliphatic heterocycles. The molecule has 0 amide bonds. The first kappa shape index (κ1) is 11.8. The highest BCUT2D eigenvalue weighted by Gasteiger charge is 2.41. The Kier molecular flexibility index (Phi) is 2.92. The summed E-state index contributed by atoms with van der Waals surface area (Å²) >= 11 is 8.88. The maximum atomic E-state index is 12.4. The minimum Gasteiger partial charge on any atom is -0.475 e. The monoisotopic (exact) mass is 312 g/mol. The summed E-state index contributed by atoms with van der Waals surface area (Å²) in [4.78, 5) is 0. The third kappa shape index (κ3) is 2.20. The molecule has 1 atom stereocenters. The highest BCUT2D eigenvalue weighted by atomic mass is 79.9. The Morgan fingerprint density at radius 1 is 1.31 bits per heavy atom. The van der Waals surface area contributed by atoms with Crippen LogP contribution < -0.4 is 4.74 Å². The Morgan fingerprint density at radius 2 is 2.00 bits per heavy atom. The molecule has 0 spiro atoms. The van der Waals surface area contributed by atoms with Gasteiger partial charge in [0, 0.05) is 10.6 Å². The quantitative estimate of drug-likeness (QED) is 0.688. The van der Waals surface area contributed by atoms with Crippen LogP contribution in [0.25, 0.3) is 6.08 Å². The molecule has 0 bridgehead atoms. The molecule has 0 aromatic heterocycles. The fraction of sp³-hybridized carbons (Fsp3) is 0.200. The second-order valence-electron chi connectivity index (χ2n) is 3.25. The molecular formula is C10H5BrClF3O. The van der Waals surface area contributed by atoms with Gasteiger partial charge in [0.25, 0.3) is 0 Å². The molecule has 6 heteroatoms. The smallest absolute Gasteiger partial charge is 0.429 e. The van der Waals surface area contributed by atoms with Crippen LogP contribution in [0.3, 0.4) is 0 Å². The zero-order valence-electron chi connectivity index (χ0n) is 7.68. The molecule has 2 rings (SSSR count). The molecule has 0 fully saturated rings. The fourth-order valence-electron chi connectivity index (χ4n) is 1.36. The number of ether oxygens (including phenoxy) is 1. The molecule has 0 aliphatic carbocycles. The summed E-state index contributed by atoms with van der Waals surface area (Å²) in [6, 6.07) is 3.04. The summed E-state index contributed by atoms with van der Waals surface area (Å²) in [5, 5.41) is 0.435. The number of fused-ring (bicyclic) bond motifs is 1. The van der Waals surface area contributed by atoms with Crippen molar-refractivity contribution in [3.63, 3.8) is 0 Å². The van der Waals surface area contributed by atoms with Crippen molar-refractivity contribution in [2.24, 2.45) is 0 Å². The van der Waals surface area contributed by atoms with E-state index in [0.717, 1.165) is 6.08 Å². The van der Waals surface area contributed by atoms with Gasteiger partial charge in [-0.2, -0.15) is 13.2 Å². The van der Waals surface area contributed by atoms with E-state index in [0.29, 0.717) is 15.1 Å². The normalized spacial score (nSPS) is 19.2. The van der Waals surface area contributed by atoms with Gasteiger partial charge in [-0.05, 0) is 34.1 Å². The van der Waals surface area contributed by atoms with Crippen LogP contribution in [0.15, 0.2) is 22.7 Å². The van der Waals surface area contributed by atoms with E-state index in [9.17, 15) is 13.2 Å². The summed E-state index contributed by atoms with van der Waals surface area (Å²) < 4.78 is 42.6. The molecule has 0 saturated carbocycles. The Morgan fingerprint density at radius 3 is 2.62 bits per heavy atom. The van der Waals surface area contributed by atoms with Gasteiger partial charge >= 0.3 is 6.18 Å². The number of rotatable bonds is 0. The highest BCUT2D eigenvalue weighted by molar-refractivity contribution is 9.10. The van der Waals surface area contributed by atoms with Gasteiger partial charge in [0.05, 0.1) is 4.47 Å². The summed E-state index contributed by atoms with van der Waals surface area (Å²) in [5.41, 5.74) is 0.528. The van der Waals surface area contributed by atoms with Crippen LogP contribution in [0.1, 0.15) is 5.56 Å². The van der Waals surface area contributed by atoms with E-state index < -0.39 is 12.3 Å². The van der Waals surface area contributed by atoms with Crippen LogP contribution in [0.4, 0.5) is 13.2 Å². The molecule has 1 aromatic carbocycles. The number of alkyl halides is 3. The molecule has 0 N–H and O–H groups in total. The Labute approximate surface area is 103 Å². The Balaban J connectivity index is 2.42. The fourth-order valence-corrected chi connectivity index (χ4v) is 2.29. The summed E-state index contributed by atoms with van der Waals surface area (Å²) in [6.07, 6.45) is -4.00.